The first-order chi connectivity index (χ1) is 13.8. The number of piperidine rings is 1. The maximum absolute atomic E-state index is 6.06. The van der Waals surface area contributed by atoms with Crippen molar-refractivity contribution < 1.29 is 0 Å². The number of aromatic nitrogens is 3. The van der Waals surface area contributed by atoms with Crippen molar-refractivity contribution in [3.8, 4) is 5.69 Å². The van der Waals surface area contributed by atoms with Crippen molar-refractivity contribution in [2.75, 3.05) is 13.1 Å². The highest BCUT2D eigenvalue weighted by atomic mass is 35.5. The third-order valence-electron chi connectivity index (χ3n) is 5.85. The fourth-order valence-electron chi connectivity index (χ4n) is 4.37. The molecule has 6 nitrogen and oxygen atoms in total. The van der Waals surface area contributed by atoms with Crippen LogP contribution in [0.3, 0.4) is 0 Å². The number of benzene rings is 2. The molecule has 0 aliphatic carbocycles. The topological polar surface area (TPSA) is 58.0 Å². The molecule has 0 spiro atoms. The van der Waals surface area contributed by atoms with Crippen LogP contribution in [0, 0.1) is 5.92 Å². The quantitative estimate of drug-likeness (QED) is 0.712. The van der Waals surface area contributed by atoms with Gasteiger partial charge in [-0.05, 0) is 41.8 Å². The summed E-state index contributed by atoms with van der Waals surface area (Å²) in [5, 5.41) is 4.97. The van der Waals surface area contributed by atoms with Crippen molar-refractivity contribution in [3.63, 3.8) is 0 Å². The van der Waals surface area contributed by atoms with Gasteiger partial charge in [-0.1, -0.05) is 35.9 Å². The van der Waals surface area contributed by atoms with E-state index in [9.17, 15) is 0 Å². The van der Waals surface area contributed by atoms with Crippen LogP contribution in [0.5, 0.6) is 0 Å². The van der Waals surface area contributed by atoms with Crippen molar-refractivity contribution >= 4 is 11.6 Å². The summed E-state index contributed by atoms with van der Waals surface area (Å²) in [5.74, 6) is 0.546. The fourth-order valence-corrected chi connectivity index (χ4v) is 4.50. The number of hydrogen-bond donors (Lipinski definition) is 2. The summed E-state index contributed by atoms with van der Waals surface area (Å²) in [6.07, 6.45) is 4.43. The predicted octanol–water partition coefficient (Wildman–Crippen LogP) is 2.96. The Morgan fingerprint density at radius 3 is 2.61 bits per heavy atom. The minimum atomic E-state index is 0.319. The van der Waals surface area contributed by atoms with Crippen LogP contribution in [0.4, 0.5) is 0 Å². The number of nitrogens with one attached hydrogen (secondary N) is 2. The minimum absolute atomic E-state index is 0.319. The second kappa shape index (κ2) is 7.64. The molecule has 2 N–H and O–H groups in total. The van der Waals surface area contributed by atoms with E-state index in [0.717, 1.165) is 36.8 Å². The van der Waals surface area contributed by atoms with Gasteiger partial charge in [0.05, 0.1) is 11.7 Å². The molecule has 0 radical (unpaired) electrons. The Bertz CT molecular complexity index is 909. The Hall–Kier alpha value is -2.25. The standard InChI is InChI=1S/C21H23ClN6/c22-17-5-3-16(4-6-17)21-19-12-27(10-9-20(19)25-26-21)11-15-1-7-18(8-2-15)28-14-23-13-24-28/h1-8,13-14,19-21,25-26H,9-12H2. The van der Waals surface area contributed by atoms with Crippen LogP contribution in [-0.2, 0) is 6.54 Å². The number of hydrazine groups is 1. The zero-order chi connectivity index (χ0) is 18.9. The third kappa shape index (κ3) is 3.56. The molecule has 0 amide bonds. The molecule has 2 aromatic carbocycles. The van der Waals surface area contributed by atoms with Gasteiger partial charge >= 0.3 is 0 Å². The number of halogens is 1. The summed E-state index contributed by atoms with van der Waals surface area (Å²) in [5.41, 5.74) is 10.7. The minimum Gasteiger partial charge on any atom is -0.299 e. The van der Waals surface area contributed by atoms with E-state index < -0.39 is 0 Å². The van der Waals surface area contributed by atoms with E-state index in [1.165, 1.54) is 11.1 Å². The van der Waals surface area contributed by atoms with Crippen LogP contribution in [0.25, 0.3) is 5.69 Å². The van der Waals surface area contributed by atoms with Crippen LogP contribution in [0.15, 0.2) is 61.2 Å². The third-order valence-corrected chi connectivity index (χ3v) is 6.10. The van der Waals surface area contributed by atoms with Crippen LogP contribution >= 0.6 is 11.6 Å². The molecule has 144 valence electrons. The first kappa shape index (κ1) is 17.8. The lowest BCUT2D eigenvalue weighted by atomic mass is 9.85. The molecule has 28 heavy (non-hydrogen) atoms. The smallest absolute Gasteiger partial charge is 0.138 e. The van der Waals surface area contributed by atoms with E-state index >= 15 is 0 Å². The summed E-state index contributed by atoms with van der Waals surface area (Å²) in [7, 11) is 0. The van der Waals surface area contributed by atoms with Crippen LogP contribution in [-0.4, -0.2) is 38.8 Å². The molecule has 0 saturated carbocycles. The molecule has 2 aliphatic heterocycles. The Kier molecular flexibility index (Phi) is 4.86. The van der Waals surface area contributed by atoms with Crippen molar-refractivity contribution in [3.05, 3.63) is 77.3 Å². The van der Waals surface area contributed by atoms with E-state index in [1.54, 1.807) is 17.3 Å². The molecule has 7 heteroatoms. The average Bonchev–Trinajstić information content (AvgIpc) is 3.39. The number of rotatable bonds is 4. The van der Waals surface area contributed by atoms with E-state index in [2.05, 4.69) is 62.2 Å². The second-order valence-corrected chi connectivity index (χ2v) is 8.05. The molecular formula is C21H23ClN6. The summed E-state index contributed by atoms with van der Waals surface area (Å²) in [4.78, 5) is 6.57. The zero-order valence-electron chi connectivity index (χ0n) is 15.5. The van der Waals surface area contributed by atoms with Crippen molar-refractivity contribution in [2.24, 2.45) is 5.92 Å². The molecule has 3 heterocycles. The summed E-state index contributed by atoms with van der Waals surface area (Å²) in [6, 6.07) is 17.6. The first-order valence-corrected chi connectivity index (χ1v) is 10.1. The van der Waals surface area contributed by atoms with Gasteiger partial charge in [-0.3, -0.25) is 10.3 Å². The highest BCUT2D eigenvalue weighted by molar-refractivity contribution is 6.30. The van der Waals surface area contributed by atoms with Gasteiger partial charge in [-0.2, -0.15) is 5.10 Å². The molecule has 2 aliphatic rings. The normalized spacial score (nSPS) is 25.0. The lowest BCUT2D eigenvalue weighted by molar-refractivity contribution is 0.148. The number of fused-ring (bicyclic) bond motifs is 1. The molecule has 3 unspecified atom stereocenters. The molecule has 0 bridgehead atoms. The summed E-state index contributed by atoms with van der Waals surface area (Å²) in [6.45, 7) is 3.14. The average molecular weight is 395 g/mol. The molecule has 1 aromatic heterocycles. The van der Waals surface area contributed by atoms with Crippen molar-refractivity contribution in [1.82, 2.24) is 30.5 Å². The van der Waals surface area contributed by atoms with Gasteiger partial charge in [0.1, 0.15) is 12.7 Å². The monoisotopic (exact) mass is 394 g/mol. The fraction of sp³-hybridized carbons (Fsp3) is 0.333. The predicted molar refractivity (Wildman–Crippen MR) is 109 cm³/mol. The van der Waals surface area contributed by atoms with E-state index in [-0.39, 0.29) is 0 Å². The molecule has 2 fully saturated rings. The SMILES string of the molecule is Clc1ccc(C2NNC3CCN(Cc4ccc(-n5cncn5)cc4)CC32)cc1. The van der Waals surface area contributed by atoms with E-state index in [4.69, 9.17) is 11.6 Å². The zero-order valence-corrected chi connectivity index (χ0v) is 16.3. The summed E-state index contributed by atoms with van der Waals surface area (Å²) < 4.78 is 1.78. The van der Waals surface area contributed by atoms with Crippen LogP contribution < -0.4 is 10.9 Å². The van der Waals surface area contributed by atoms with Gasteiger partial charge in [0.15, 0.2) is 0 Å². The Morgan fingerprint density at radius 2 is 1.86 bits per heavy atom. The van der Waals surface area contributed by atoms with Gasteiger partial charge in [0, 0.05) is 36.6 Å². The Labute approximate surface area is 169 Å². The van der Waals surface area contributed by atoms with Crippen LogP contribution in [0.2, 0.25) is 5.02 Å². The molecule has 2 saturated heterocycles. The van der Waals surface area contributed by atoms with Gasteiger partial charge in [-0.15, -0.1) is 0 Å². The second-order valence-electron chi connectivity index (χ2n) is 7.62. The number of hydrogen-bond acceptors (Lipinski definition) is 5. The highest BCUT2D eigenvalue weighted by Gasteiger charge is 2.40. The van der Waals surface area contributed by atoms with E-state index in [1.807, 2.05) is 12.1 Å². The van der Waals surface area contributed by atoms with Gasteiger partial charge in [-0.25, -0.2) is 15.1 Å². The maximum atomic E-state index is 6.06. The largest absolute Gasteiger partial charge is 0.299 e. The van der Waals surface area contributed by atoms with Crippen LogP contribution in [0.1, 0.15) is 23.6 Å². The van der Waals surface area contributed by atoms with Gasteiger partial charge in [0.25, 0.3) is 0 Å². The number of likely N-dealkylation sites (tertiary alicyclic amines) is 1. The van der Waals surface area contributed by atoms with Gasteiger partial charge in [0.2, 0.25) is 0 Å². The maximum Gasteiger partial charge on any atom is 0.138 e. The Morgan fingerprint density at radius 1 is 1.04 bits per heavy atom. The molecule has 5 rings (SSSR count). The lowest BCUT2D eigenvalue weighted by Gasteiger charge is -2.36. The van der Waals surface area contributed by atoms with Gasteiger partial charge < -0.3 is 0 Å². The van der Waals surface area contributed by atoms with Crippen molar-refractivity contribution in [1.29, 1.82) is 0 Å². The molecule has 3 atom stereocenters. The Balaban J connectivity index is 1.26. The first-order valence-electron chi connectivity index (χ1n) is 9.69. The van der Waals surface area contributed by atoms with E-state index in [0.29, 0.717) is 18.0 Å². The molecular weight excluding hydrogens is 372 g/mol. The summed E-state index contributed by atoms with van der Waals surface area (Å²) >= 11 is 6.06. The number of nitrogens with zero attached hydrogens (tertiary/aromatic N) is 4. The van der Waals surface area contributed by atoms with Crippen molar-refractivity contribution in [2.45, 2.75) is 25.0 Å². The molecule has 3 aromatic rings. The lowest BCUT2D eigenvalue weighted by Crippen LogP contribution is -2.45. The highest BCUT2D eigenvalue weighted by Crippen LogP contribution is 2.34.